The van der Waals surface area contributed by atoms with Crippen molar-refractivity contribution in [2.24, 2.45) is 0 Å². The van der Waals surface area contributed by atoms with Crippen LogP contribution in [0, 0.1) is 27.7 Å². The molecule has 0 atom stereocenters. The van der Waals surface area contributed by atoms with Crippen LogP contribution in [0.3, 0.4) is 0 Å². The summed E-state index contributed by atoms with van der Waals surface area (Å²) in [4.78, 5) is 26.4. The monoisotopic (exact) mass is 415 g/mol. The van der Waals surface area contributed by atoms with Crippen LogP contribution in [0.5, 0.6) is 0 Å². The second kappa shape index (κ2) is 8.76. The molecule has 2 heterocycles. The Bertz CT molecular complexity index is 1090. The van der Waals surface area contributed by atoms with Crippen LogP contribution < -0.4 is 10.2 Å². The number of carbonyl (C=O) groups excluding carboxylic acids is 1. The van der Waals surface area contributed by atoms with Crippen molar-refractivity contribution in [3.8, 4) is 0 Å². The smallest absolute Gasteiger partial charge is 0.254 e. The molecule has 0 aliphatic carbocycles. The Balaban J connectivity index is 1.44. The number of rotatable bonds is 4. The molecule has 0 unspecified atom stereocenters. The molecule has 1 N–H and O–H groups in total. The number of piperazine rings is 1. The van der Waals surface area contributed by atoms with Gasteiger partial charge in [-0.2, -0.15) is 4.98 Å². The van der Waals surface area contributed by atoms with E-state index in [9.17, 15) is 4.79 Å². The molecule has 1 amide bonds. The van der Waals surface area contributed by atoms with Gasteiger partial charge in [-0.1, -0.05) is 35.4 Å². The van der Waals surface area contributed by atoms with E-state index in [2.05, 4.69) is 40.3 Å². The summed E-state index contributed by atoms with van der Waals surface area (Å²) in [5, 5.41) is 3.30. The summed E-state index contributed by atoms with van der Waals surface area (Å²) in [7, 11) is 0. The minimum Gasteiger partial charge on any atom is -0.353 e. The molecule has 4 rings (SSSR count). The van der Waals surface area contributed by atoms with Gasteiger partial charge in [0.1, 0.15) is 5.82 Å². The number of aromatic nitrogens is 2. The maximum atomic E-state index is 13.0. The fourth-order valence-electron chi connectivity index (χ4n) is 3.90. The predicted molar refractivity (Wildman–Crippen MR) is 125 cm³/mol. The molecule has 0 saturated carbocycles. The molecule has 160 valence electrons. The van der Waals surface area contributed by atoms with Crippen LogP contribution >= 0.6 is 0 Å². The largest absolute Gasteiger partial charge is 0.353 e. The van der Waals surface area contributed by atoms with E-state index >= 15 is 0 Å². The Labute approximate surface area is 183 Å². The quantitative estimate of drug-likeness (QED) is 0.684. The first-order valence-electron chi connectivity index (χ1n) is 10.7. The van der Waals surface area contributed by atoms with Crippen molar-refractivity contribution in [1.82, 2.24) is 14.9 Å². The summed E-state index contributed by atoms with van der Waals surface area (Å²) in [5.74, 6) is 1.59. The zero-order valence-electron chi connectivity index (χ0n) is 18.6. The van der Waals surface area contributed by atoms with Gasteiger partial charge in [-0.3, -0.25) is 4.79 Å². The number of amides is 1. The van der Waals surface area contributed by atoms with E-state index in [0.717, 1.165) is 41.4 Å². The molecule has 0 bridgehead atoms. The number of carbonyl (C=O) groups is 1. The topological polar surface area (TPSA) is 61.4 Å². The average molecular weight is 416 g/mol. The number of hydrogen-bond acceptors (Lipinski definition) is 5. The maximum Gasteiger partial charge on any atom is 0.254 e. The zero-order chi connectivity index (χ0) is 22.0. The van der Waals surface area contributed by atoms with E-state index in [1.54, 1.807) is 0 Å². The lowest BCUT2D eigenvalue weighted by Crippen LogP contribution is -2.49. The summed E-state index contributed by atoms with van der Waals surface area (Å²) in [5.41, 5.74) is 6.09. The molecule has 3 aromatic rings. The van der Waals surface area contributed by atoms with Crippen LogP contribution in [0.4, 0.5) is 17.5 Å². The van der Waals surface area contributed by atoms with Gasteiger partial charge in [-0.15, -0.1) is 0 Å². The minimum absolute atomic E-state index is 0.109. The number of anilines is 3. The predicted octanol–water partition coefficient (Wildman–Crippen LogP) is 4.42. The molecule has 0 spiro atoms. The molecule has 6 nitrogen and oxygen atoms in total. The van der Waals surface area contributed by atoms with Crippen molar-refractivity contribution in [2.45, 2.75) is 27.7 Å². The first kappa shape index (κ1) is 20.8. The summed E-state index contributed by atoms with van der Waals surface area (Å²) in [6.07, 6.45) is 0. The van der Waals surface area contributed by atoms with Crippen molar-refractivity contribution in [3.63, 3.8) is 0 Å². The van der Waals surface area contributed by atoms with Gasteiger partial charge in [0.25, 0.3) is 5.91 Å². The SMILES string of the molecule is Cc1ccc(Nc2nc(C)cc(N3CCN(C(=O)c4ccc(C)cc4C)CC3)n2)cc1. The van der Waals surface area contributed by atoms with E-state index in [4.69, 9.17) is 4.98 Å². The first-order chi connectivity index (χ1) is 14.9. The first-order valence-corrected chi connectivity index (χ1v) is 10.7. The third-order valence-electron chi connectivity index (χ3n) is 5.65. The third-order valence-corrected chi connectivity index (χ3v) is 5.65. The zero-order valence-corrected chi connectivity index (χ0v) is 18.6. The van der Waals surface area contributed by atoms with Gasteiger partial charge in [0.05, 0.1) is 0 Å². The molecule has 6 heteroatoms. The second-order valence-electron chi connectivity index (χ2n) is 8.28. The lowest BCUT2D eigenvalue weighted by Gasteiger charge is -2.35. The highest BCUT2D eigenvalue weighted by atomic mass is 16.2. The van der Waals surface area contributed by atoms with E-state index in [1.807, 2.05) is 56.0 Å². The summed E-state index contributed by atoms with van der Waals surface area (Å²) in [6.45, 7) is 10.9. The van der Waals surface area contributed by atoms with Crippen LogP contribution in [0.15, 0.2) is 48.5 Å². The highest BCUT2D eigenvalue weighted by Crippen LogP contribution is 2.21. The van der Waals surface area contributed by atoms with Crippen LogP contribution in [-0.4, -0.2) is 47.0 Å². The van der Waals surface area contributed by atoms with E-state index in [0.29, 0.717) is 19.0 Å². The van der Waals surface area contributed by atoms with E-state index < -0.39 is 0 Å². The van der Waals surface area contributed by atoms with Gasteiger partial charge in [-0.25, -0.2) is 4.98 Å². The van der Waals surface area contributed by atoms with Crippen molar-refractivity contribution in [2.75, 3.05) is 36.4 Å². The van der Waals surface area contributed by atoms with Crippen molar-refractivity contribution in [3.05, 3.63) is 76.5 Å². The highest BCUT2D eigenvalue weighted by Gasteiger charge is 2.24. The average Bonchev–Trinajstić information content (AvgIpc) is 2.75. The van der Waals surface area contributed by atoms with Gasteiger partial charge in [0, 0.05) is 49.2 Å². The molecule has 1 saturated heterocycles. The molecule has 0 radical (unpaired) electrons. The van der Waals surface area contributed by atoms with Gasteiger partial charge < -0.3 is 15.1 Å². The van der Waals surface area contributed by atoms with Crippen molar-refractivity contribution >= 4 is 23.4 Å². The Morgan fingerprint density at radius 3 is 2.19 bits per heavy atom. The van der Waals surface area contributed by atoms with Crippen LogP contribution in [0.25, 0.3) is 0 Å². The fraction of sp³-hybridized carbons (Fsp3) is 0.320. The lowest BCUT2D eigenvalue weighted by molar-refractivity contribution is 0.0746. The Hall–Kier alpha value is -3.41. The van der Waals surface area contributed by atoms with Gasteiger partial charge in [0.15, 0.2) is 0 Å². The molecule has 31 heavy (non-hydrogen) atoms. The minimum atomic E-state index is 0.109. The van der Waals surface area contributed by atoms with Gasteiger partial charge >= 0.3 is 0 Å². The van der Waals surface area contributed by atoms with Crippen LogP contribution in [0.2, 0.25) is 0 Å². The third kappa shape index (κ3) is 4.85. The molecule has 1 aliphatic rings. The standard InChI is InChI=1S/C25H29N5O/c1-17-5-8-21(9-6-17)27-25-26-20(4)16-23(28-25)29-11-13-30(14-12-29)24(31)22-10-7-18(2)15-19(22)3/h5-10,15-16H,11-14H2,1-4H3,(H,26,27,28). The molecule has 1 aliphatic heterocycles. The van der Waals surface area contributed by atoms with E-state index in [-0.39, 0.29) is 5.91 Å². The number of nitrogens with zero attached hydrogens (tertiary/aromatic N) is 4. The van der Waals surface area contributed by atoms with Crippen LogP contribution in [-0.2, 0) is 0 Å². The normalized spacial score (nSPS) is 13.9. The molecule has 2 aromatic carbocycles. The Morgan fingerprint density at radius 1 is 0.839 bits per heavy atom. The van der Waals surface area contributed by atoms with E-state index in [1.165, 1.54) is 11.1 Å². The molecule has 1 fully saturated rings. The Morgan fingerprint density at radius 2 is 1.52 bits per heavy atom. The Kier molecular flexibility index (Phi) is 5.89. The highest BCUT2D eigenvalue weighted by molar-refractivity contribution is 5.95. The van der Waals surface area contributed by atoms with Crippen molar-refractivity contribution < 1.29 is 4.79 Å². The molecule has 1 aromatic heterocycles. The molecular weight excluding hydrogens is 386 g/mol. The van der Waals surface area contributed by atoms with Gasteiger partial charge in [-0.05, 0) is 51.5 Å². The summed E-state index contributed by atoms with van der Waals surface area (Å²) in [6, 6.07) is 16.2. The number of hydrogen-bond donors (Lipinski definition) is 1. The number of benzene rings is 2. The van der Waals surface area contributed by atoms with Gasteiger partial charge in [0.2, 0.25) is 5.95 Å². The lowest BCUT2D eigenvalue weighted by atomic mass is 10.0. The second-order valence-corrected chi connectivity index (χ2v) is 8.28. The summed E-state index contributed by atoms with van der Waals surface area (Å²) < 4.78 is 0. The van der Waals surface area contributed by atoms with Crippen LogP contribution in [0.1, 0.15) is 32.7 Å². The molecular formula is C25H29N5O. The number of aryl methyl sites for hydroxylation is 4. The number of nitrogens with one attached hydrogen (secondary N) is 1. The van der Waals surface area contributed by atoms with Crippen molar-refractivity contribution in [1.29, 1.82) is 0 Å². The summed E-state index contributed by atoms with van der Waals surface area (Å²) >= 11 is 0. The fourth-order valence-corrected chi connectivity index (χ4v) is 3.90. The maximum absolute atomic E-state index is 13.0.